The SMILES string of the molecule is COc1cccc2c1Cc1cc3cccc(C(=O)O)c3nc1-2. The maximum Gasteiger partial charge on any atom is 0.337 e. The maximum absolute atomic E-state index is 11.4. The van der Waals surface area contributed by atoms with Gasteiger partial charge < -0.3 is 9.84 Å². The Labute approximate surface area is 127 Å². The fourth-order valence-corrected chi connectivity index (χ4v) is 3.13. The van der Waals surface area contributed by atoms with E-state index in [0.717, 1.165) is 39.9 Å². The second-order valence-electron chi connectivity index (χ2n) is 5.34. The van der Waals surface area contributed by atoms with Crippen LogP contribution in [0.3, 0.4) is 0 Å². The van der Waals surface area contributed by atoms with E-state index >= 15 is 0 Å². The zero-order chi connectivity index (χ0) is 15.3. The smallest absolute Gasteiger partial charge is 0.337 e. The van der Waals surface area contributed by atoms with Crippen LogP contribution < -0.4 is 4.74 Å². The van der Waals surface area contributed by atoms with E-state index in [1.54, 1.807) is 19.2 Å². The first-order valence-corrected chi connectivity index (χ1v) is 7.01. The average Bonchev–Trinajstić information content (AvgIpc) is 2.89. The zero-order valence-electron chi connectivity index (χ0n) is 12.0. The fourth-order valence-electron chi connectivity index (χ4n) is 3.13. The third kappa shape index (κ3) is 1.70. The standard InChI is InChI=1S/C18H13NO3/c1-22-15-7-3-5-12-14(15)9-11-8-10-4-2-6-13(18(20)21)16(10)19-17(11)12/h2-8H,9H2,1H3,(H,20,21). The highest BCUT2D eigenvalue weighted by Crippen LogP contribution is 2.41. The summed E-state index contributed by atoms with van der Waals surface area (Å²) in [6, 6.07) is 13.1. The largest absolute Gasteiger partial charge is 0.496 e. The third-order valence-corrected chi connectivity index (χ3v) is 4.13. The first kappa shape index (κ1) is 12.8. The number of ether oxygens (including phenoxy) is 1. The topological polar surface area (TPSA) is 59.4 Å². The molecule has 0 saturated carbocycles. The molecule has 4 heteroatoms. The van der Waals surface area contributed by atoms with Gasteiger partial charge >= 0.3 is 5.97 Å². The molecule has 108 valence electrons. The zero-order valence-corrected chi connectivity index (χ0v) is 12.0. The normalized spacial score (nSPS) is 12.0. The van der Waals surface area contributed by atoms with Crippen molar-refractivity contribution in [1.29, 1.82) is 0 Å². The Morgan fingerprint density at radius 3 is 2.82 bits per heavy atom. The molecular weight excluding hydrogens is 278 g/mol. The summed E-state index contributed by atoms with van der Waals surface area (Å²) in [4.78, 5) is 16.1. The minimum Gasteiger partial charge on any atom is -0.496 e. The molecular formula is C18H13NO3. The number of carboxylic acid groups (broad SMARTS) is 1. The van der Waals surface area contributed by atoms with Gasteiger partial charge in [-0.25, -0.2) is 9.78 Å². The molecule has 0 fully saturated rings. The molecule has 0 spiro atoms. The highest BCUT2D eigenvalue weighted by Gasteiger charge is 2.24. The monoisotopic (exact) mass is 291 g/mol. The molecule has 4 nitrogen and oxygen atoms in total. The van der Waals surface area contributed by atoms with E-state index in [1.807, 2.05) is 30.3 Å². The molecule has 1 N–H and O–H groups in total. The van der Waals surface area contributed by atoms with Crippen molar-refractivity contribution in [2.75, 3.05) is 7.11 Å². The van der Waals surface area contributed by atoms with Crippen LogP contribution in [0.25, 0.3) is 22.2 Å². The van der Waals surface area contributed by atoms with E-state index < -0.39 is 5.97 Å². The second kappa shape index (κ2) is 4.56. The number of carbonyl (C=O) groups is 1. The quantitative estimate of drug-likeness (QED) is 0.614. The van der Waals surface area contributed by atoms with E-state index in [1.165, 1.54) is 0 Å². The van der Waals surface area contributed by atoms with E-state index in [4.69, 9.17) is 4.74 Å². The van der Waals surface area contributed by atoms with Gasteiger partial charge in [0.15, 0.2) is 0 Å². The molecule has 0 unspecified atom stereocenters. The summed E-state index contributed by atoms with van der Waals surface area (Å²) in [5, 5.41) is 10.2. The number of methoxy groups -OCH3 is 1. The van der Waals surface area contributed by atoms with Crippen LogP contribution in [0.4, 0.5) is 0 Å². The highest BCUT2D eigenvalue weighted by atomic mass is 16.5. The Balaban J connectivity index is 2.02. The molecule has 0 amide bonds. The van der Waals surface area contributed by atoms with Crippen molar-refractivity contribution in [3.63, 3.8) is 0 Å². The lowest BCUT2D eigenvalue weighted by Gasteiger charge is -2.06. The number of para-hydroxylation sites is 1. The van der Waals surface area contributed by atoms with Crippen molar-refractivity contribution < 1.29 is 14.6 Å². The minimum atomic E-state index is -0.957. The number of fused-ring (bicyclic) bond motifs is 4. The summed E-state index contributed by atoms with van der Waals surface area (Å²) >= 11 is 0. The molecule has 1 aliphatic rings. The molecule has 0 atom stereocenters. The number of hydrogen-bond donors (Lipinski definition) is 1. The van der Waals surface area contributed by atoms with Gasteiger partial charge in [-0.3, -0.25) is 0 Å². The summed E-state index contributed by atoms with van der Waals surface area (Å²) in [5.41, 5.74) is 4.86. The molecule has 22 heavy (non-hydrogen) atoms. The Kier molecular flexibility index (Phi) is 2.66. The lowest BCUT2D eigenvalue weighted by atomic mass is 10.1. The molecule has 3 aromatic rings. The fraction of sp³-hybridized carbons (Fsp3) is 0.111. The van der Waals surface area contributed by atoms with Gasteiger partial charge in [-0.2, -0.15) is 0 Å². The van der Waals surface area contributed by atoms with Crippen LogP contribution in [-0.2, 0) is 6.42 Å². The Morgan fingerprint density at radius 1 is 1.23 bits per heavy atom. The number of nitrogens with zero attached hydrogens (tertiary/aromatic N) is 1. The molecule has 0 radical (unpaired) electrons. The predicted molar refractivity (Wildman–Crippen MR) is 83.5 cm³/mol. The summed E-state index contributed by atoms with van der Waals surface area (Å²) in [6.07, 6.45) is 0.759. The Hall–Kier alpha value is -2.88. The number of pyridine rings is 1. The van der Waals surface area contributed by atoms with Crippen LogP contribution in [0.5, 0.6) is 5.75 Å². The molecule has 1 heterocycles. The van der Waals surface area contributed by atoms with Gasteiger partial charge in [0.2, 0.25) is 0 Å². The average molecular weight is 291 g/mol. The van der Waals surface area contributed by atoms with Gasteiger partial charge in [0.05, 0.1) is 23.9 Å². The molecule has 1 aromatic heterocycles. The molecule has 0 aliphatic heterocycles. The first-order chi connectivity index (χ1) is 10.7. The van der Waals surface area contributed by atoms with Crippen LogP contribution in [0.15, 0.2) is 42.5 Å². The molecule has 1 aliphatic carbocycles. The molecule has 2 aromatic carbocycles. The minimum absolute atomic E-state index is 0.233. The van der Waals surface area contributed by atoms with Gasteiger partial charge in [0, 0.05) is 22.9 Å². The van der Waals surface area contributed by atoms with Crippen molar-refractivity contribution in [2.24, 2.45) is 0 Å². The van der Waals surface area contributed by atoms with Crippen LogP contribution in [0.2, 0.25) is 0 Å². The van der Waals surface area contributed by atoms with E-state index in [0.29, 0.717) is 5.52 Å². The molecule has 0 bridgehead atoms. The van der Waals surface area contributed by atoms with Gasteiger partial charge in [-0.15, -0.1) is 0 Å². The number of aromatic nitrogens is 1. The van der Waals surface area contributed by atoms with Crippen LogP contribution in [0.1, 0.15) is 21.5 Å². The Morgan fingerprint density at radius 2 is 2.05 bits per heavy atom. The van der Waals surface area contributed by atoms with Crippen LogP contribution in [0, 0.1) is 0 Å². The van der Waals surface area contributed by atoms with Crippen molar-refractivity contribution >= 4 is 16.9 Å². The lowest BCUT2D eigenvalue weighted by Crippen LogP contribution is -1.99. The van der Waals surface area contributed by atoms with Crippen molar-refractivity contribution in [1.82, 2.24) is 4.98 Å². The molecule has 4 rings (SSSR count). The molecule has 0 saturated heterocycles. The Bertz CT molecular complexity index is 931. The lowest BCUT2D eigenvalue weighted by molar-refractivity contribution is 0.0699. The second-order valence-corrected chi connectivity index (χ2v) is 5.34. The van der Waals surface area contributed by atoms with Gasteiger partial charge in [0.25, 0.3) is 0 Å². The van der Waals surface area contributed by atoms with Crippen molar-refractivity contribution in [2.45, 2.75) is 6.42 Å². The highest BCUT2D eigenvalue weighted by molar-refractivity contribution is 6.03. The predicted octanol–water partition coefficient (Wildman–Crippen LogP) is 3.51. The number of aromatic carboxylic acids is 1. The summed E-state index contributed by atoms with van der Waals surface area (Å²) in [6.45, 7) is 0. The van der Waals surface area contributed by atoms with Gasteiger partial charge in [0.1, 0.15) is 5.75 Å². The van der Waals surface area contributed by atoms with Crippen molar-refractivity contribution in [3.8, 4) is 17.0 Å². The number of rotatable bonds is 2. The van der Waals surface area contributed by atoms with Gasteiger partial charge in [-0.1, -0.05) is 24.3 Å². The van der Waals surface area contributed by atoms with Crippen LogP contribution in [-0.4, -0.2) is 23.2 Å². The summed E-state index contributed by atoms with van der Waals surface area (Å²) in [5.74, 6) is -0.111. The number of benzene rings is 2. The summed E-state index contributed by atoms with van der Waals surface area (Å²) < 4.78 is 5.43. The first-order valence-electron chi connectivity index (χ1n) is 7.01. The van der Waals surface area contributed by atoms with Crippen LogP contribution >= 0.6 is 0 Å². The van der Waals surface area contributed by atoms with Crippen molar-refractivity contribution in [3.05, 3.63) is 59.2 Å². The number of hydrogen-bond acceptors (Lipinski definition) is 3. The van der Waals surface area contributed by atoms with E-state index in [9.17, 15) is 9.90 Å². The maximum atomic E-state index is 11.4. The number of carboxylic acids is 1. The summed E-state index contributed by atoms with van der Waals surface area (Å²) in [7, 11) is 1.66. The van der Waals surface area contributed by atoms with E-state index in [2.05, 4.69) is 4.98 Å². The van der Waals surface area contributed by atoms with Gasteiger partial charge in [-0.05, 0) is 23.8 Å². The third-order valence-electron chi connectivity index (χ3n) is 4.13. The van der Waals surface area contributed by atoms with E-state index in [-0.39, 0.29) is 5.56 Å².